The molecule has 1 fully saturated rings. The van der Waals surface area contributed by atoms with E-state index in [0.717, 1.165) is 12.2 Å². The number of rotatable bonds is 0. The van der Waals surface area contributed by atoms with Gasteiger partial charge in [0.25, 0.3) is 6.41 Å². The van der Waals surface area contributed by atoms with E-state index in [1.807, 2.05) is 6.08 Å². The molecular formula is C11H11NO2. The molecule has 0 aromatic carbocycles. The van der Waals surface area contributed by atoms with E-state index in [2.05, 4.69) is 24.3 Å². The third-order valence-corrected chi connectivity index (χ3v) is 2.61. The Kier molecular flexibility index (Phi) is 1.63. The van der Waals surface area contributed by atoms with Crippen LogP contribution in [0.15, 0.2) is 47.3 Å². The fraction of sp³-hybridized carbons (Fsp3) is 0.273. The maximum absolute atomic E-state index is 5.57. The molecule has 3 nitrogen and oxygen atoms in total. The predicted octanol–water partition coefficient (Wildman–Crippen LogP) is 1.35. The molecule has 0 aromatic rings. The Morgan fingerprint density at radius 3 is 3.29 bits per heavy atom. The summed E-state index contributed by atoms with van der Waals surface area (Å²) in [6, 6.07) is 0. The van der Waals surface area contributed by atoms with Gasteiger partial charge in [0.05, 0.1) is 0 Å². The quantitative estimate of drug-likeness (QED) is 0.625. The highest BCUT2D eigenvalue weighted by molar-refractivity contribution is 5.52. The summed E-state index contributed by atoms with van der Waals surface area (Å²) in [6.07, 6.45) is 10.5. The molecule has 2 atom stereocenters. The molecular weight excluding hydrogens is 178 g/mol. The van der Waals surface area contributed by atoms with Crippen molar-refractivity contribution in [1.82, 2.24) is 0 Å². The Bertz CT molecular complexity index is 390. The van der Waals surface area contributed by atoms with E-state index < -0.39 is 6.41 Å². The largest absolute Gasteiger partial charge is 0.452 e. The van der Waals surface area contributed by atoms with Crippen molar-refractivity contribution in [3.63, 3.8) is 0 Å². The second-order valence-corrected chi connectivity index (χ2v) is 3.50. The van der Waals surface area contributed by atoms with E-state index in [1.54, 1.807) is 0 Å². The van der Waals surface area contributed by atoms with Crippen LogP contribution >= 0.6 is 0 Å². The number of nitrogens with two attached hydrogens (primary N) is 1. The summed E-state index contributed by atoms with van der Waals surface area (Å²) in [5, 5.41) is 0. The zero-order valence-corrected chi connectivity index (χ0v) is 7.64. The van der Waals surface area contributed by atoms with Gasteiger partial charge in [0.2, 0.25) is 0 Å². The number of fused-ring (bicyclic) bond motifs is 2. The lowest BCUT2D eigenvalue weighted by Gasteiger charge is -2.18. The second kappa shape index (κ2) is 2.83. The average molecular weight is 189 g/mol. The Hall–Kier alpha value is -1.32. The number of ether oxygens (including phenoxy) is 2. The van der Waals surface area contributed by atoms with E-state index in [4.69, 9.17) is 15.2 Å². The summed E-state index contributed by atoms with van der Waals surface area (Å²) in [5.74, 6) is 0.885. The summed E-state index contributed by atoms with van der Waals surface area (Å²) < 4.78 is 10.8. The lowest BCUT2D eigenvalue weighted by Crippen LogP contribution is -2.20. The SMILES string of the molecule is N[C@@H]1OC2=C3CC=CC=C3C=C[C@H]2O1. The number of allylic oxidation sites excluding steroid dienone is 6. The molecule has 14 heavy (non-hydrogen) atoms. The Balaban J connectivity index is 2.07. The van der Waals surface area contributed by atoms with Crippen LogP contribution in [0.25, 0.3) is 0 Å². The second-order valence-electron chi connectivity index (χ2n) is 3.50. The van der Waals surface area contributed by atoms with Crippen molar-refractivity contribution in [3.05, 3.63) is 47.3 Å². The van der Waals surface area contributed by atoms with Crippen LogP contribution in [-0.4, -0.2) is 12.5 Å². The molecule has 0 radical (unpaired) electrons. The number of hydrogen-bond acceptors (Lipinski definition) is 3. The molecule has 3 heteroatoms. The van der Waals surface area contributed by atoms with Crippen molar-refractivity contribution in [2.45, 2.75) is 18.9 Å². The minimum absolute atomic E-state index is 0.0800. The summed E-state index contributed by atoms with van der Waals surface area (Å²) in [6.45, 7) is 0. The molecule has 1 saturated heterocycles. The molecule has 0 aromatic heterocycles. The zero-order valence-electron chi connectivity index (χ0n) is 7.64. The third kappa shape index (κ3) is 1.06. The summed E-state index contributed by atoms with van der Waals surface area (Å²) in [5.41, 5.74) is 7.97. The molecule has 72 valence electrons. The van der Waals surface area contributed by atoms with Crippen LogP contribution in [0.4, 0.5) is 0 Å². The lowest BCUT2D eigenvalue weighted by molar-refractivity contribution is -0.0381. The number of hydrogen-bond donors (Lipinski definition) is 1. The summed E-state index contributed by atoms with van der Waals surface area (Å²) in [4.78, 5) is 0. The lowest BCUT2D eigenvalue weighted by atomic mass is 9.91. The van der Waals surface area contributed by atoms with Crippen molar-refractivity contribution >= 4 is 0 Å². The smallest absolute Gasteiger partial charge is 0.257 e. The average Bonchev–Trinajstić information content (AvgIpc) is 2.59. The molecule has 1 heterocycles. The van der Waals surface area contributed by atoms with E-state index in [9.17, 15) is 0 Å². The Morgan fingerprint density at radius 2 is 2.36 bits per heavy atom. The van der Waals surface area contributed by atoms with Crippen LogP contribution in [-0.2, 0) is 9.47 Å². The fourth-order valence-corrected chi connectivity index (χ4v) is 1.97. The van der Waals surface area contributed by atoms with E-state index >= 15 is 0 Å². The van der Waals surface area contributed by atoms with Crippen LogP contribution in [0.1, 0.15) is 6.42 Å². The minimum atomic E-state index is -0.614. The molecule has 2 aliphatic carbocycles. The van der Waals surface area contributed by atoms with Gasteiger partial charge in [-0.1, -0.05) is 24.3 Å². The monoisotopic (exact) mass is 189 g/mol. The maximum Gasteiger partial charge on any atom is 0.257 e. The first-order valence-electron chi connectivity index (χ1n) is 4.71. The Morgan fingerprint density at radius 1 is 1.43 bits per heavy atom. The molecule has 0 bridgehead atoms. The molecule has 3 rings (SSSR count). The van der Waals surface area contributed by atoms with Crippen LogP contribution in [0, 0.1) is 0 Å². The van der Waals surface area contributed by atoms with Gasteiger partial charge in [-0.15, -0.1) is 0 Å². The summed E-state index contributed by atoms with van der Waals surface area (Å²) >= 11 is 0. The third-order valence-electron chi connectivity index (χ3n) is 2.61. The molecule has 0 amide bonds. The maximum atomic E-state index is 5.57. The van der Waals surface area contributed by atoms with Gasteiger partial charge in [0.1, 0.15) is 11.9 Å². The fourth-order valence-electron chi connectivity index (χ4n) is 1.97. The van der Waals surface area contributed by atoms with Gasteiger partial charge >= 0.3 is 0 Å². The zero-order chi connectivity index (χ0) is 9.54. The molecule has 0 unspecified atom stereocenters. The highest BCUT2D eigenvalue weighted by Gasteiger charge is 2.33. The van der Waals surface area contributed by atoms with Crippen molar-refractivity contribution in [2.24, 2.45) is 5.73 Å². The first-order chi connectivity index (χ1) is 6.84. The van der Waals surface area contributed by atoms with Gasteiger partial charge in [-0.25, -0.2) is 0 Å². The van der Waals surface area contributed by atoms with Crippen molar-refractivity contribution < 1.29 is 9.47 Å². The molecule has 1 aliphatic heterocycles. The van der Waals surface area contributed by atoms with E-state index in [0.29, 0.717) is 0 Å². The first kappa shape index (κ1) is 8.03. The standard InChI is InChI=1S/C11H11NO2/c12-11-13-9-6-5-7-3-1-2-4-8(7)10(9)14-11/h1-3,5-6,9,11H,4,12H2/t9-,11+/m1/s1. The van der Waals surface area contributed by atoms with Crippen LogP contribution in [0.5, 0.6) is 0 Å². The highest BCUT2D eigenvalue weighted by Crippen LogP contribution is 2.35. The molecule has 0 saturated carbocycles. The first-order valence-corrected chi connectivity index (χ1v) is 4.71. The van der Waals surface area contributed by atoms with Crippen molar-refractivity contribution in [1.29, 1.82) is 0 Å². The molecule has 0 spiro atoms. The molecule has 3 aliphatic rings. The highest BCUT2D eigenvalue weighted by atomic mass is 16.7. The van der Waals surface area contributed by atoms with Crippen LogP contribution < -0.4 is 5.73 Å². The minimum Gasteiger partial charge on any atom is -0.452 e. The molecule has 2 N–H and O–H groups in total. The van der Waals surface area contributed by atoms with Gasteiger partial charge in [-0.3, -0.25) is 5.73 Å². The Labute approximate surface area is 82.2 Å². The summed E-state index contributed by atoms with van der Waals surface area (Å²) in [7, 11) is 0. The van der Waals surface area contributed by atoms with Crippen LogP contribution in [0.2, 0.25) is 0 Å². The normalized spacial score (nSPS) is 33.6. The van der Waals surface area contributed by atoms with Gasteiger partial charge in [-0.2, -0.15) is 0 Å². The van der Waals surface area contributed by atoms with Gasteiger partial charge in [0, 0.05) is 5.57 Å². The van der Waals surface area contributed by atoms with Gasteiger partial charge in [0.15, 0.2) is 0 Å². The topological polar surface area (TPSA) is 44.5 Å². The van der Waals surface area contributed by atoms with E-state index in [1.165, 1.54) is 11.1 Å². The van der Waals surface area contributed by atoms with Crippen LogP contribution in [0.3, 0.4) is 0 Å². The van der Waals surface area contributed by atoms with Gasteiger partial charge < -0.3 is 9.47 Å². The van der Waals surface area contributed by atoms with Gasteiger partial charge in [-0.05, 0) is 18.1 Å². The predicted molar refractivity (Wildman–Crippen MR) is 51.9 cm³/mol. The van der Waals surface area contributed by atoms with Crippen molar-refractivity contribution in [3.8, 4) is 0 Å². The van der Waals surface area contributed by atoms with E-state index in [-0.39, 0.29) is 6.10 Å². The van der Waals surface area contributed by atoms with Crippen molar-refractivity contribution in [2.75, 3.05) is 0 Å².